The molecule has 0 saturated carbocycles. The molecule has 0 aliphatic carbocycles. The number of phosphoric ester groups is 1. The van der Waals surface area contributed by atoms with Crippen molar-refractivity contribution in [3.8, 4) is 0 Å². The Morgan fingerprint density at radius 3 is 1.71 bits per heavy atom. The number of phosphoric acid groups is 1. The van der Waals surface area contributed by atoms with Gasteiger partial charge < -0.3 is 9.79 Å². The smallest absolute Gasteiger partial charge is 0.303 e. The molecule has 21 heavy (non-hydrogen) atoms. The maximum absolute atomic E-state index is 10.9. The van der Waals surface area contributed by atoms with Crippen molar-refractivity contribution in [3.63, 3.8) is 0 Å². The first-order valence-electron chi connectivity index (χ1n) is 6.24. The Morgan fingerprint density at radius 2 is 1.43 bits per heavy atom. The van der Waals surface area contributed by atoms with Gasteiger partial charge in [0, 0.05) is 5.41 Å². The van der Waals surface area contributed by atoms with Crippen LogP contribution >= 0.6 is 65.8 Å². The van der Waals surface area contributed by atoms with Crippen molar-refractivity contribution < 1.29 is 18.9 Å². The standard InChI is InChI=1S/C11H20Cl5O4P/c1-10(2,7-20-21(17,18)19)11(16,5-3-8(12)13)6-4-9(14)15/h8-9H,3-7H2,1-2H3,(H2,17,18,19). The summed E-state index contributed by atoms with van der Waals surface area (Å²) in [5, 5.41) is 0. The van der Waals surface area contributed by atoms with E-state index in [0.29, 0.717) is 25.7 Å². The molecule has 0 rings (SSSR count). The average molecular weight is 425 g/mol. The third-order valence-corrected chi connectivity index (χ3v) is 5.55. The Balaban J connectivity index is 5.00. The highest BCUT2D eigenvalue weighted by Gasteiger charge is 2.44. The Morgan fingerprint density at radius 1 is 1.05 bits per heavy atom. The molecule has 0 aromatic carbocycles. The van der Waals surface area contributed by atoms with E-state index in [4.69, 9.17) is 67.8 Å². The van der Waals surface area contributed by atoms with Gasteiger partial charge in [0.05, 0.1) is 11.5 Å². The summed E-state index contributed by atoms with van der Waals surface area (Å²) in [5.41, 5.74) is -0.749. The Kier molecular flexibility index (Phi) is 9.83. The van der Waals surface area contributed by atoms with Crippen molar-refractivity contribution in [3.05, 3.63) is 0 Å². The predicted molar refractivity (Wildman–Crippen MR) is 89.8 cm³/mol. The summed E-state index contributed by atoms with van der Waals surface area (Å²) in [7, 11) is -4.57. The molecule has 0 amide bonds. The van der Waals surface area contributed by atoms with Crippen molar-refractivity contribution in [1.82, 2.24) is 0 Å². The number of alkyl halides is 5. The van der Waals surface area contributed by atoms with Crippen LogP contribution in [0.5, 0.6) is 0 Å². The molecule has 0 spiro atoms. The van der Waals surface area contributed by atoms with E-state index in [2.05, 4.69) is 4.52 Å². The van der Waals surface area contributed by atoms with E-state index in [1.807, 2.05) is 0 Å². The van der Waals surface area contributed by atoms with Gasteiger partial charge in [-0.05, 0) is 25.7 Å². The molecule has 0 heterocycles. The molecule has 0 fully saturated rings. The van der Waals surface area contributed by atoms with Crippen molar-refractivity contribution in [2.45, 2.75) is 54.1 Å². The fourth-order valence-corrected chi connectivity index (χ4v) is 3.05. The number of rotatable bonds is 10. The highest BCUT2D eigenvalue weighted by atomic mass is 35.5. The fraction of sp³-hybridized carbons (Fsp3) is 1.00. The molecule has 0 aromatic rings. The van der Waals surface area contributed by atoms with E-state index in [1.165, 1.54) is 0 Å². The largest absolute Gasteiger partial charge is 0.469 e. The third-order valence-electron chi connectivity index (χ3n) is 3.32. The van der Waals surface area contributed by atoms with E-state index in [9.17, 15) is 4.57 Å². The van der Waals surface area contributed by atoms with E-state index < -0.39 is 27.8 Å². The van der Waals surface area contributed by atoms with Crippen LogP contribution in [0.15, 0.2) is 0 Å². The zero-order chi connectivity index (χ0) is 16.9. The Labute approximate surface area is 150 Å². The van der Waals surface area contributed by atoms with Gasteiger partial charge in [0.15, 0.2) is 0 Å². The minimum Gasteiger partial charge on any atom is -0.303 e. The molecule has 0 aliphatic rings. The number of halogens is 5. The summed E-state index contributed by atoms with van der Waals surface area (Å²) in [6, 6.07) is 0. The molecule has 0 saturated heterocycles. The summed E-state index contributed by atoms with van der Waals surface area (Å²) in [4.78, 5) is 15.7. The van der Waals surface area contributed by atoms with Crippen LogP contribution in [0, 0.1) is 5.41 Å². The second-order valence-electron chi connectivity index (χ2n) is 5.47. The van der Waals surface area contributed by atoms with Gasteiger partial charge in [0.25, 0.3) is 0 Å². The Bertz CT molecular complexity index is 347. The van der Waals surface area contributed by atoms with Gasteiger partial charge in [0.2, 0.25) is 0 Å². The first-order valence-corrected chi connectivity index (χ1v) is 9.90. The molecular formula is C11H20Cl5O4P. The number of hydrogen-bond donors (Lipinski definition) is 2. The normalized spacial score (nSPS) is 14.2. The molecule has 10 heteroatoms. The number of hydrogen-bond acceptors (Lipinski definition) is 2. The van der Waals surface area contributed by atoms with Crippen molar-refractivity contribution in [2.24, 2.45) is 5.41 Å². The molecule has 0 atom stereocenters. The lowest BCUT2D eigenvalue weighted by molar-refractivity contribution is 0.0882. The molecule has 0 bridgehead atoms. The van der Waals surface area contributed by atoms with Crippen LogP contribution < -0.4 is 0 Å². The molecule has 2 N–H and O–H groups in total. The molecule has 0 radical (unpaired) electrons. The van der Waals surface area contributed by atoms with Gasteiger partial charge in [-0.15, -0.1) is 58.0 Å². The lowest BCUT2D eigenvalue weighted by atomic mass is 9.74. The SMILES string of the molecule is CC(C)(COP(=O)(O)O)C(Cl)(CCC(Cl)Cl)CCC(Cl)Cl. The second kappa shape index (κ2) is 9.15. The minimum atomic E-state index is -4.57. The molecule has 4 nitrogen and oxygen atoms in total. The maximum atomic E-state index is 10.9. The van der Waals surface area contributed by atoms with E-state index in [-0.39, 0.29) is 6.61 Å². The van der Waals surface area contributed by atoms with Gasteiger partial charge in [0.1, 0.15) is 9.67 Å². The first kappa shape index (κ1) is 22.6. The molecule has 128 valence electrons. The van der Waals surface area contributed by atoms with Crippen molar-refractivity contribution >= 4 is 65.8 Å². The molecular weight excluding hydrogens is 404 g/mol. The van der Waals surface area contributed by atoms with Gasteiger partial charge in [-0.3, -0.25) is 4.52 Å². The van der Waals surface area contributed by atoms with Gasteiger partial charge in [-0.1, -0.05) is 13.8 Å². The van der Waals surface area contributed by atoms with Crippen LogP contribution in [0.4, 0.5) is 0 Å². The predicted octanol–water partition coefficient (Wildman–Crippen LogP) is 5.27. The van der Waals surface area contributed by atoms with E-state index >= 15 is 0 Å². The van der Waals surface area contributed by atoms with E-state index in [1.54, 1.807) is 13.8 Å². The summed E-state index contributed by atoms with van der Waals surface area (Å²) in [6.07, 6.45) is 1.73. The monoisotopic (exact) mass is 422 g/mol. The summed E-state index contributed by atoms with van der Waals surface area (Å²) < 4.78 is 15.5. The molecule has 0 aromatic heterocycles. The van der Waals surface area contributed by atoms with Crippen LogP contribution in [0.25, 0.3) is 0 Å². The van der Waals surface area contributed by atoms with Crippen LogP contribution in [0.3, 0.4) is 0 Å². The lowest BCUT2D eigenvalue weighted by Gasteiger charge is -2.42. The quantitative estimate of drug-likeness (QED) is 0.370. The highest BCUT2D eigenvalue weighted by molar-refractivity contribution is 7.46. The Hall–Kier alpha value is 1.56. The fourth-order valence-electron chi connectivity index (χ4n) is 1.85. The van der Waals surface area contributed by atoms with Crippen LogP contribution in [0.2, 0.25) is 0 Å². The summed E-state index contributed by atoms with van der Waals surface area (Å²) in [6.45, 7) is 3.29. The van der Waals surface area contributed by atoms with Crippen LogP contribution in [0.1, 0.15) is 39.5 Å². The van der Waals surface area contributed by atoms with Crippen molar-refractivity contribution in [2.75, 3.05) is 6.61 Å². The minimum absolute atomic E-state index is 0.217. The van der Waals surface area contributed by atoms with E-state index in [0.717, 1.165) is 0 Å². The zero-order valence-corrected chi connectivity index (χ0v) is 16.4. The first-order chi connectivity index (χ1) is 9.29. The lowest BCUT2D eigenvalue weighted by Crippen LogP contribution is -2.43. The highest BCUT2D eigenvalue weighted by Crippen LogP contribution is 2.48. The summed E-state index contributed by atoms with van der Waals surface area (Å²) in [5.74, 6) is 0. The van der Waals surface area contributed by atoms with Gasteiger partial charge in [-0.2, -0.15) is 0 Å². The summed E-state index contributed by atoms with van der Waals surface area (Å²) >= 11 is 29.7. The maximum Gasteiger partial charge on any atom is 0.469 e. The van der Waals surface area contributed by atoms with Crippen LogP contribution in [-0.4, -0.2) is 30.9 Å². The zero-order valence-electron chi connectivity index (χ0n) is 11.7. The molecule has 0 aliphatic heterocycles. The average Bonchev–Trinajstić information content (AvgIpc) is 2.30. The van der Waals surface area contributed by atoms with Crippen molar-refractivity contribution in [1.29, 1.82) is 0 Å². The van der Waals surface area contributed by atoms with Gasteiger partial charge in [-0.25, -0.2) is 4.57 Å². The van der Waals surface area contributed by atoms with Gasteiger partial charge >= 0.3 is 7.82 Å². The topological polar surface area (TPSA) is 66.8 Å². The van der Waals surface area contributed by atoms with Crippen LogP contribution in [-0.2, 0) is 9.09 Å². The third kappa shape index (κ3) is 9.44. The molecule has 0 unspecified atom stereocenters. The second-order valence-corrected chi connectivity index (χ2v) is 9.99.